The van der Waals surface area contributed by atoms with Gasteiger partial charge in [0.25, 0.3) is 0 Å². The van der Waals surface area contributed by atoms with Crippen molar-refractivity contribution in [2.24, 2.45) is 5.73 Å². The van der Waals surface area contributed by atoms with Gasteiger partial charge in [-0.1, -0.05) is 23.7 Å². The molecule has 4 heteroatoms. The molecule has 1 aromatic rings. The van der Waals surface area contributed by atoms with Gasteiger partial charge in [0.05, 0.1) is 11.1 Å². The van der Waals surface area contributed by atoms with Gasteiger partial charge in [-0.25, -0.2) is 4.39 Å². The zero-order valence-corrected chi connectivity index (χ0v) is 11.0. The summed E-state index contributed by atoms with van der Waals surface area (Å²) in [5, 5.41) is 0.153. The average molecular weight is 260 g/mol. The molecule has 2 nitrogen and oxygen atoms in total. The van der Waals surface area contributed by atoms with E-state index in [1.54, 1.807) is 25.3 Å². The molecule has 17 heavy (non-hydrogen) atoms. The number of rotatable bonds is 6. The molecule has 0 aliphatic carbocycles. The lowest BCUT2D eigenvalue weighted by molar-refractivity contribution is 0.107. The lowest BCUT2D eigenvalue weighted by Crippen LogP contribution is -2.25. The van der Waals surface area contributed by atoms with Crippen molar-refractivity contribution in [3.8, 4) is 0 Å². The van der Waals surface area contributed by atoms with Gasteiger partial charge in [-0.2, -0.15) is 0 Å². The van der Waals surface area contributed by atoms with Gasteiger partial charge in [0.2, 0.25) is 0 Å². The van der Waals surface area contributed by atoms with Gasteiger partial charge in [-0.15, -0.1) is 0 Å². The fraction of sp³-hybridized carbons (Fsp3) is 0.538. The molecular weight excluding hydrogens is 241 g/mol. The molecule has 1 aromatic carbocycles. The Hall–Kier alpha value is -0.640. The van der Waals surface area contributed by atoms with E-state index in [-0.39, 0.29) is 23.0 Å². The predicted molar refractivity (Wildman–Crippen MR) is 68.8 cm³/mol. The number of hydrogen-bond donors (Lipinski definition) is 1. The van der Waals surface area contributed by atoms with Gasteiger partial charge < -0.3 is 10.5 Å². The van der Waals surface area contributed by atoms with Crippen LogP contribution in [0.5, 0.6) is 0 Å². The molecule has 2 atom stereocenters. The number of ether oxygens (including phenoxy) is 1. The summed E-state index contributed by atoms with van der Waals surface area (Å²) in [6.07, 6.45) is 2.37. The fourth-order valence-corrected chi connectivity index (χ4v) is 1.85. The Labute approximate surface area is 107 Å². The molecule has 0 radical (unpaired) electrons. The van der Waals surface area contributed by atoms with Crippen LogP contribution in [0, 0.1) is 5.82 Å². The van der Waals surface area contributed by atoms with Gasteiger partial charge in [0.1, 0.15) is 5.82 Å². The van der Waals surface area contributed by atoms with E-state index in [1.807, 2.05) is 6.92 Å². The highest BCUT2D eigenvalue weighted by Gasteiger charge is 2.11. The van der Waals surface area contributed by atoms with Crippen LogP contribution in [0.3, 0.4) is 0 Å². The standard InChI is InChI=1S/C13H19ClFNO/c1-9(17-2)6-7-11(16)8-10-4-3-5-12(14)13(10)15/h3-5,9,11H,6-8,16H2,1-2H3. The molecule has 0 saturated carbocycles. The Kier molecular flexibility index (Phi) is 5.89. The highest BCUT2D eigenvalue weighted by Crippen LogP contribution is 2.19. The van der Waals surface area contributed by atoms with Gasteiger partial charge in [-0.05, 0) is 37.8 Å². The second-order valence-electron chi connectivity index (χ2n) is 4.30. The summed E-state index contributed by atoms with van der Waals surface area (Å²) in [6.45, 7) is 1.99. The normalized spacial score (nSPS) is 14.6. The second kappa shape index (κ2) is 6.94. The molecule has 0 bridgehead atoms. The number of hydrogen-bond acceptors (Lipinski definition) is 2. The Balaban J connectivity index is 2.50. The lowest BCUT2D eigenvalue weighted by atomic mass is 10.0. The Morgan fingerprint density at radius 2 is 2.12 bits per heavy atom. The summed E-state index contributed by atoms with van der Waals surface area (Å²) >= 11 is 5.71. The Morgan fingerprint density at radius 3 is 2.76 bits per heavy atom. The zero-order chi connectivity index (χ0) is 12.8. The first kappa shape index (κ1) is 14.4. The first-order chi connectivity index (χ1) is 8.04. The van der Waals surface area contributed by atoms with Gasteiger partial charge in [0, 0.05) is 13.2 Å². The molecule has 0 aromatic heterocycles. The molecule has 0 fully saturated rings. The van der Waals surface area contributed by atoms with E-state index in [1.165, 1.54) is 0 Å². The highest BCUT2D eigenvalue weighted by atomic mass is 35.5. The minimum absolute atomic E-state index is 0.0689. The quantitative estimate of drug-likeness (QED) is 0.852. The molecule has 2 N–H and O–H groups in total. The number of benzene rings is 1. The number of methoxy groups -OCH3 is 1. The van der Waals surface area contributed by atoms with Crippen molar-refractivity contribution in [1.82, 2.24) is 0 Å². The van der Waals surface area contributed by atoms with Gasteiger partial charge >= 0.3 is 0 Å². The maximum absolute atomic E-state index is 13.6. The summed E-state index contributed by atoms with van der Waals surface area (Å²) in [5.41, 5.74) is 6.54. The predicted octanol–water partition coefficient (Wildman–Crippen LogP) is 3.16. The van der Waals surface area contributed by atoms with Crippen molar-refractivity contribution >= 4 is 11.6 Å². The maximum atomic E-state index is 13.6. The van der Waals surface area contributed by atoms with Crippen LogP contribution < -0.4 is 5.73 Å². The first-order valence-corrected chi connectivity index (χ1v) is 6.13. The SMILES string of the molecule is COC(C)CCC(N)Cc1cccc(Cl)c1F. The number of halogens is 2. The zero-order valence-electron chi connectivity index (χ0n) is 10.2. The summed E-state index contributed by atoms with van der Waals surface area (Å²) < 4.78 is 18.8. The van der Waals surface area contributed by atoms with E-state index in [2.05, 4.69) is 0 Å². The molecule has 1 rings (SSSR count). The minimum Gasteiger partial charge on any atom is -0.382 e. The molecule has 2 unspecified atom stereocenters. The Bertz CT molecular complexity index is 359. The van der Waals surface area contributed by atoms with Crippen LogP contribution in [0.4, 0.5) is 4.39 Å². The van der Waals surface area contributed by atoms with E-state index in [0.29, 0.717) is 12.0 Å². The van der Waals surface area contributed by atoms with E-state index < -0.39 is 0 Å². The summed E-state index contributed by atoms with van der Waals surface area (Å²) in [5.74, 6) is -0.357. The number of nitrogens with two attached hydrogens (primary N) is 1. The molecule has 0 saturated heterocycles. The van der Waals surface area contributed by atoms with Crippen molar-refractivity contribution in [3.05, 3.63) is 34.6 Å². The third-order valence-electron chi connectivity index (χ3n) is 2.86. The third-order valence-corrected chi connectivity index (χ3v) is 3.15. The van der Waals surface area contributed by atoms with E-state index >= 15 is 0 Å². The van der Waals surface area contributed by atoms with Gasteiger partial charge in [0.15, 0.2) is 0 Å². The first-order valence-electron chi connectivity index (χ1n) is 5.75. The van der Waals surface area contributed by atoms with Crippen LogP contribution in [0.15, 0.2) is 18.2 Å². The summed E-state index contributed by atoms with van der Waals surface area (Å²) in [7, 11) is 1.67. The van der Waals surface area contributed by atoms with Crippen LogP contribution in [0.25, 0.3) is 0 Å². The van der Waals surface area contributed by atoms with Crippen molar-refractivity contribution in [2.45, 2.75) is 38.3 Å². The van der Waals surface area contributed by atoms with E-state index in [0.717, 1.165) is 12.8 Å². The smallest absolute Gasteiger partial charge is 0.145 e. The molecule has 96 valence electrons. The topological polar surface area (TPSA) is 35.2 Å². The molecule has 0 amide bonds. The summed E-state index contributed by atoms with van der Waals surface area (Å²) in [6, 6.07) is 4.94. The van der Waals surface area contributed by atoms with Crippen LogP contribution >= 0.6 is 11.6 Å². The molecule has 0 heterocycles. The molecular formula is C13H19ClFNO. The summed E-state index contributed by atoms with van der Waals surface area (Å²) in [4.78, 5) is 0. The van der Waals surface area contributed by atoms with Crippen molar-refractivity contribution < 1.29 is 9.13 Å². The van der Waals surface area contributed by atoms with Crippen LogP contribution in [0.2, 0.25) is 5.02 Å². The molecule has 0 aliphatic heterocycles. The maximum Gasteiger partial charge on any atom is 0.145 e. The van der Waals surface area contributed by atoms with Crippen molar-refractivity contribution in [3.63, 3.8) is 0 Å². The Morgan fingerprint density at radius 1 is 1.41 bits per heavy atom. The van der Waals surface area contributed by atoms with E-state index in [4.69, 9.17) is 22.1 Å². The lowest BCUT2D eigenvalue weighted by Gasteiger charge is -2.15. The van der Waals surface area contributed by atoms with Gasteiger partial charge in [-0.3, -0.25) is 0 Å². The van der Waals surface area contributed by atoms with Crippen LogP contribution in [0.1, 0.15) is 25.3 Å². The van der Waals surface area contributed by atoms with Crippen LogP contribution in [-0.2, 0) is 11.2 Å². The van der Waals surface area contributed by atoms with Crippen molar-refractivity contribution in [2.75, 3.05) is 7.11 Å². The third kappa shape index (κ3) is 4.62. The van der Waals surface area contributed by atoms with E-state index in [9.17, 15) is 4.39 Å². The molecule has 0 spiro atoms. The monoisotopic (exact) mass is 259 g/mol. The largest absolute Gasteiger partial charge is 0.382 e. The molecule has 0 aliphatic rings. The average Bonchev–Trinajstić information content (AvgIpc) is 2.32. The van der Waals surface area contributed by atoms with Crippen LogP contribution in [-0.4, -0.2) is 19.3 Å². The highest BCUT2D eigenvalue weighted by molar-refractivity contribution is 6.30. The fourth-order valence-electron chi connectivity index (χ4n) is 1.66. The minimum atomic E-state index is -0.357. The van der Waals surface area contributed by atoms with Crippen molar-refractivity contribution in [1.29, 1.82) is 0 Å². The second-order valence-corrected chi connectivity index (χ2v) is 4.71.